The number of methoxy groups -OCH3 is 1. The van der Waals surface area contributed by atoms with Gasteiger partial charge in [0.15, 0.2) is 0 Å². The van der Waals surface area contributed by atoms with Crippen LogP contribution < -0.4 is 9.46 Å². The molecule has 2 atom stereocenters. The first-order valence-electron chi connectivity index (χ1n) is 10.5. The number of phenols is 1. The van der Waals surface area contributed by atoms with Crippen LogP contribution in [0.5, 0.6) is 11.5 Å². The van der Waals surface area contributed by atoms with Crippen LogP contribution in [0, 0.1) is 0 Å². The largest absolute Gasteiger partial charge is 0.508 e. The molecule has 0 aromatic heterocycles. The van der Waals surface area contributed by atoms with Crippen molar-refractivity contribution < 1.29 is 30.9 Å². The van der Waals surface area contributed by atoms with Crippen molar-refractivity contribution in [2.24, 2.45) is 0 Å². The lowest BCUT2D eigenvalue weighted by Crippen LogP contribution is -2.32. The number of hydrogen-bond donors (Lipinski definition) is 2. The molecule has 2 aromatic carbocycles. The number of nitrogens with one attached hydrogen (secondary N) is 1. The molecule has 0 radical (unpaired) electrons. The summed E-state index contributed by atoms with van der Waals surface area (Å²) < 4.78 is 71.3. The van der Waals surface area contributed by atoms with E-state index in [2.05, 4.69) is 11.3 Å². The van der Waals surface area contributed by atoms with Gasteiger partial charge in [-0.3, -0.25) is 0 Å². The topological polar surface area (TPSA) is 127 Å². The summed E-state index contributed by atoms with van der Waals surface area (Å²) in [5.74, 6) is 0.326. The maximum Gasteiger partial charge on any atom is 0.209 e. The molecule has 0 aliphatic heterocycles. The van der Waals surface area contributed by atoms with Gasteiger partial charge < -0.3 is 9.84 Å². The van der Waals surface area contributed by atoms with Crippen LogP contribution in [0.2, 0.25) is 0 Å². The summed E-state index contributed by atoms with van der Waals surface area (Å²) >= 11 is 0. The van der Waals surface area contributed by atoms with Crippen molar-refractivity contribution in [1.82, 2.24) is 4.72 Å². The zero-order valence-electron chi connectivity index (χ0n) is 19.9. The second-order valence-electron chi connectivity index (χ2n) is 7.55. The van der Waals surface area contributed by atoms with Gasteiger partial charge in [0.25, 0.3) is 0 Å². The average Bonchev–Trinajstić information content (AvgIpc) is 2.80. The molecular weight excluding hydrogens is 510 g/mol. The monoisotopic (exact) mass is 539 g/mol. The Hall–Kier alpha value is -2.73. The number of ether oxygens (including phenoxy) is 1. The van der Waals surface area contributed by atoms with Crippen molar-refractivity contribution in [1.29, 1.82) is 0 Å². The van der Waals surface area contributed by atoms with Gasteiger partial charge in [0.2, 0.25) is 19.9 Å². The number of sulfonamides is 1. The zero-order valence-corrected chi connectivity index (χ0v) is 22.3. The summed E-state index contributed by atoms with van der Waals surface area (Å²) in [5.41, 5.74) is 0.471. The number of rotatable bonds is 11. The van der Waals surface area contributed by atoms with Crippen LogP contribution in [-0.4, -0.2) is 45.6 Å². The molecule has 2 N–H and O–H groups in total. The van der Waals surface area contributed by atoms with E-state index in [1.807, 2.05) is 0 Å². The fourth-order valence-corrected chi connectivity index (χ4v) is 7.11. The average molecular weight is 540 g/mol. The molecular formula is C24H29NO7S3. The molecule has 0 aliphatic carbocycles. The van der Waals surface area contributed by atoms with Crippen LogP contribution >= 0.6 is 0 Å². The second-order valence-corrected chi connectivity index (χ2v) is 12.7. The van der Waals surface area contributed by atoms with E-state index >= 15 is 0 Å². The Bertz CT molecular complexity index is 1370. The van der Waals surface area contributed by atoms with Crippen molar-refractivity contribution >= 4 is 30.7 Å². The molecule has 11 heteroatoms. The fraction of sp³-hybridized carbons (Fsp3) is 0.250. The molecule has 2 aromatic rings. The van der Waals surface area contributed by atoms with E-state index in [1.54, 1.807) is 13.8 Å². The molecule has 0 saturated heterocycles. The molecule has 2 rings (SSSR count). The van der Waals surface area contributed by atoms with E-state index < -0.39 is 36.7 Å². The molecule has 0 aliphatic rings. The summed E-state index contributed by atoms with van der Waals surface area (Å²) in [6, 6.07) is 9.24. The van der Waals surface area contributed by atoms with Crippen LogP contribution in [0.3, 0.4) is 0 Å². The highest BCUT2D eigenvalue weighted by Gasteiger charge is 2.26. The highest BCUT2D eigenvalue weighted by molar-refractivity contribution is 7.96. The van der Waals surface area contributed by atoms with Crippen molar-refractivity contribution in [3.8, 4) is 11.5 Å². The number of sulfone groups is 1. The molecule has 0 heterocycles. The lowest BCUT2D eigenvalue weighted by molar-refractivity contribution is 0.413. The summed E-state index contributed by atoms with van der Waals surface area (Å²) in [7, 11) is -8.04. The van der Waals surface area contributed by atoms with Crippen molar-refractivity contribution in [3.63, 3.8) is 0 Å². The maximum absolute atomic E-state index is 13.6. The Kier molecular flexibility index (Phi) is 9.61. The molecule has 0 spiro atoms. The normalized spacial score (nSPS) is 14.9. The summed E-state index contributed by atoms with van der Waals surface area (Å²) in [6.45, 7) is 6.96. The molecule has 0 saturated carbocycles. The van der Waals surface area contributed by atoms with Crippen LogP contribution in [0.15, 0.2) is 92.4 Å². The van der Waals surface area contributed by atoms with Gasteiger partial charge in [0.05, 0.1) is 34.0 Å². The van der Waals surface area contributed by atoms with Crippen LogP contribution in [-0.2, 0) is 30.7 Å². The third-order valence-corrected chi connectivity index (χ3v) is 9.37. The zero-order chi connectivity index (χ0) is 26.4. The first-order valence-corrected chi connectivity index (χ1v) is 15.0. The first-order chi connectivity index (χ1) is 16.3. The van der Waals surface area contributed by atoms with Gasteiger partial charge >= 0.3 is 0 Å². The van der Waals surface area contributed by atoms with Crippen LogP contribution in [0.4, 0.5) is 0 Å². The van der Waals surface area contributed by atoms with Gasteiger partial charge in [-0.25, -0.2) is 25.8 Å². The minimum Gasteiger partial charge on any atom is -0.508 e. The van der Waals surface area contributed by atoms with Crippen molar-refractivity contribution in [3.05, 3.63) is 77.7 Å². The molecule has 1 unspecified atom stereocenters. The summed E-state index contributed by atoms with van der Waals surface area (Å²) in [5, 5.41) is 9.53. The Morgan fingerprint density at radius 1 is 1.14 bits per heavy atom. The fourth-order valence-electron chi connectivity index (χ4n) is 3.19. The smallest absolute Gasteiger partial charge is 0.209 e. The van der Waals surface area contributed by atoms with E-state index in [0.717, 1.165) is 6.26 Å². The molecule has 0 bridgehead atoms. The number of allylic oxidation sites excluding steroid dienone is 3. The lowest BCUT2D eigenvalue weighted by atomic mass is 10.1. The van der Waals surface area contributed by atoms with Crippen LogP contribution in [0.1, 0.15) is 20.3 Å². The Labute approximate surface area is 209 Å². The second kappa shape index (κ2) is 11.8. The summed E-state index contributed by atoms with van der Waals surface area (Å²) in [6.07, 6.45) is 5.49. The van der Waals surface area contributed by atoms with E-state index in [0.29, 0.717) is 16.2 Å². The van der Waals surface area contributed by atoms with Gasteiger partial charge in [0, 0.05) is 15.8 Å². The van der Waals surface area contributed by atoms with Crippen LogP contribution in [0.25, 0.3) is 0 Å². The minimum atomic E-state index is -4.09. The van der Waals surface area contributed by atoms with Gasteiger partial charge in [-0.2, -0.15) is 0 Å². The third-order valence-electron chi connectivity index (χ3n) is 4.97. The quantitative estimate of drug-likeness (QED) is 0.417. The van der Waals surface area contributed by atoms with E-state index in [-0.39, 0.29) is 26.9 Å². The number of phenolic OH excluding ortho intramolecular Hbond substituents is 1. The number of aromatic hydroxyl groups is 1. The highest BCUT2D eigenvalue weighted by Crippen LogP contribution is 2.33. The maximum atomic E-state index is 13.6. The molecule has 0 amide bonds. The van der Waals surface area contributed by atoms with E-state index in [1.165, 1.54) is 67.8 Å². The minimum absolute atomic E-state index is 0.00941. The number of hydrogen-bond acceptors (Lipinski definition) is 7. The summed E-state index contributed by atoms with van der Waals surface area (Å²) in [4.78, 5) is 0.240. The first kappa shape index (κ1) is 28.5. The number of benzene rings is 2. The molecule has 35 heavy (non-hydrogen) atoms. The van der Waals surface area contributed by atoms with E-state index in [4.69, 9.17) is 4.74 Å². The van der Waals surface area contributed by atoms with Gasteiger partial charge in [-0.15, -0.1) is 0 Å². The standard InChI is InChI=1S/C24H29NO7S3/c1-6-18(17(3)25-34(5,28)29)8-14-22(7-2)35(30,31)24-15-11-20(32-4)16-23(24)33(27)21-12-9-19(26)10-13-21/h6,8-17,25-26H,1,7H2,2-5H3/b18-8+,22-14+/t17-,33?/m0/s1. The molecule has 8 nitrogen and oxygen atoms in total. The SMILES string of the molecule is C=C/C(=C\C=C(/CC)S(=O)(=O)c1ccc(OC)cc1S(=O)c1ccc(O)cc1)[C@H](C)NS(C)(=O)=O. The van der Waals surface area contributed by atoms with Gasteiger partial charge in [-0.1, -0.05) is 25.7 Å². The third kappa shape index (κ3) is 7.38. The molecule has 190 valence electrons. The van der Waals surface area contributed by atoms with Crippen molar-refractivity contribution in [2.45, 2.75) is 41.0 Å². The van der Waals surface area contributed by atoms with Gasteiger partial charge in [0.1, 0.15) is 11.5 Å². The van der Waals surface area contributed by atoms with E-state index in [9.17, 15) is 26.2 Å². The molecule has 0 fully saturated rings. The Balaban J connectivity index is 2.61. The Morgan fingerprint density at radius 2 is 1.77 bits per heavy atom. The van der Waals surface area contributed by atoms with Crippen molar-refractivity contribution in [2.75, 3.05) is 13.4 Å². The lowest BCUT2D eigenvalue weighted by Gasteiger charge is -2.15. The van der Waals surface area contributed by atoms with Gasteiger partial charge in [-0.05, 0) is 67.5 Å². The predicted octanol–water partition coefficient (Wildman–Crippen LogP) is 3.69. The Morgan fingerprint density at radius 3 is 2.29 bits per heavy atom. The highest BCUT2D eigenvalue weighted by atomic mass is 32.2. The predicted molar refractivity (Wildman–Crippen MR) is 137 cm³/mol.